The number of halogens is 2. The molecule has 0 saturated carbocycles. The minimum atomic E-state index is -4.39. The molecule has 1 fully saturated rings. The van der Waals surface area contributed by atoms with Crippen molar-refractivity contribution in [1.29, 1.82) is 0 Å². The summed E-state index contributed by atoms with van der Waals surface area (Å²) in [5.41, 5.74) is 1.76. The fourth-order valence-corrected chi connectivity index (χ4v) is 4.39. The predicted molar refractivity (Wildman–Crippen MR) is 97.9 cm³/mol. The average Bonchev–Trinajstić information content (AvgIpc) is 2.62. The molecule has 0 aromatic heterocycles. The predicted octanol–water partition coefficient (Wildman–Crippen LogP) is 2.63. The Morgan fingerprint density at radius 1 is 1.07 bits per heavy atom. The SMILES string of the molecule is Cc1ccc([C@H](CN2CCOCC2)NS(=O)(=O)c2c(F)cccc2F)cc1. The van der Waals surface area contributed by atoms with E-state index < -0.39 is 32.6 Å². The maximum Gasteiger partial charge on any atom is 0.247 e. The Morgan fingerprint density at radius 3 is 2.26 bits per heavy atom. The summed E-state index contributed by atoms with van der Waals surface area (Å²) in [4.78, 5) is 1.11. The molecule has 1 aliphatic rings. The fraction of sp³-hybridized carbons (Fsp3) is 0.368. The topological polar surface area (TPSA) is 58.6 Å². The summed E-state index contributed by atoms with van der Waals surface area (Å²) in [5, 5.41) is 0. The lowest BCUT2D eigenvalue weighted by Gasteiger charge is -2.31. The first-order chi connectivity index (χ1) is 12.9. The minimum absolute atomic E-state index is 0.377. The molecule has 8 heteroatoms. The molecule has 0 spiro atoms. The van der Waals surface area contributed by atoms with Crippen LogP contribution in [0.1, 0.15) is 17.2 Å². The fourth-order valence-electron chi connectivity index (χ4n) is 3.04. The second kappa shape index (κ2) is 8.43. The van der Waals surface area contributed by atoms with Crippen molar-refractivity contribution in [1.82, 2.24) is 9.62 Å². The molecule has 1 heterocycles. The first kappa shape index (κ1) is 19.9. The molecule has 1 aliphatic heterocycles. The number of morpholine rings is 1. The normalized spacial score (nSPS) is 17.0. The summed E-state index contributed by atoms with van der Waals surface area (Å²) < 4.78 is 61.3. The van der Waals surface area contributed by atoms with E-state index in [2.05, 4.69) is 9.62 Å². The van der Waals surface area contributed by atoms with Gasteiger partial charge in [0.2, 0.25) is 10.0 Å². The lowest BCUT2D eigenvalue weighted by molar-refractivity contribution is 0.0345. The van der Waals surface area contributed by atoms with E-state index in [1.54, 1.807) is 0 Å². The smallest absolute Gasteiger partial charge is 0.247 e. The third-order valence-electron chi connectivity index (χ3n) is 4.51. The molecule has 3 rings (SSSR count). The van der Waals surface area contributed by atoms with Crippen LogP contribution in [-0.4, -0.2) is 46.2 Å². The summed E-state index contributed by atoms with van der Waals surface area (Å²) in [7, 11) is -4.39. The van der Waals surface area contributed by atoms with Crippen molar-refractivity contribution in [2.75, 3.05) is 32.8 Å². The second-order valence-electron chi connectivity index (χ2n) is 6.55. The zero-order valence-electron chi connectivity index (χ0n) is 15.0. The van der Waals surface area contributed by atoms with Crippen LogP contribution in [0.3, 0.4) is 0 Å². The van der Waals surface area contributed by atoms with E-state index in [0.29, 0.717) is 32.8 Å². The molecule has 146 valence electrons. The number of hydrogen-bond acceptors (Lipinski definition) is 4. The van der Waals surface area contributed by atoms with Gasteiger partial charge in [-0.05, 0) is 24.6 Å². The highest BCUT2D eigenvalue weighted by Gasteiger charge is 2.29. The van der Waals surface area contributed by atoms with E-state index in [1.807, 2.05) is 31.2 Å². The molecule has 0 bridgehead atoms. The molecule has 0 amide bonds. The van der Waals surface area contributed by atoms with E-state index in [1.165, 1.54) is 0 Å². The molecule has 0 radical (unpaired) electrons. The lowest BCUT2D eigenvalue weighted by Crippen LogP contribution is -2.43. The molecule has 0 aliphatic carbocycles. The Hall–Kier alpha value is -1.87. The van der Waals surface area contributed by atoms with Gasteiger partial charge in [0.1, 0.15) is 11.6 Å². The maximum absolute atomic E-state index is 14.0. The molecule has 1 atom stereocenters. The zero-order valence-corrected chi connectivity index (χ0v) is 15.8. The number of aryl methyl sites for hydroxylation is 1. The van der Waals surface area contributed by atoms with Gasteiger partial charge in [0.15, 0.2) is 4.90 Å². The van der Waals surface area contributed by atoms with Crippen LogP contribution in [0.2, 0.25) is 0 Å². The van der Waals surface area contributed by atoms with Crippen LogP contribution < -0.4 is 4.72 Å². The Labute approximate surface area is 158 Å². The standard InChI is InChI=1S/C19H22F2N2O3S/c1-14-5-7-15(8-6-14)18(13-23-9-11-26-12-10-23)22-27(24,25)19-16(20)3-2-4-17(19)21/h2-8,18,22H,9-13H2,1H3/t18-/m0/s1. The van der Waals surface area contributed by atoms with Crippen LogP contribution in [0.4, 0.5) is 8.78 Å². The van der Waals surface area contributed by atoms with Crippen molar-refractivity contribution in [3.05, 3.63) is 65.2 Å². The third kappa shape index (κ3) is 4.90. The van der Waals surface area contributed by atoms with Crippen LogP contribution in [0.15, 0.2) is 47.4 Å². The first-order valence-electron chi connectivity index (χ1n) is 8.70. The van der Waals surface area contributed by atoms with E-state index in [4.69, 9.17) is 4.74 Å². The Morgan fingerprint density at radius 2 is 1.67 bits per heavy atom. The van der Waals surface area contributed by atoms with Gasteiger partial charge in [0.25, 0.3) is 0 Å². The van der Waals surface area contributed by atoms with Crippen LogP contribution in [0.5, 0.6) is 0 Å². The van der Waals surface area contributed by atoms with Crippen molar-refractivity contribution >= 4 is 10.0 Å². The first-order valence-corrected chi connectivity index (χ1v) is 10.2. The Bertz CT molecular complexity index is 862. The summed E-state index contributed by atoms with van der Waals surface area (Å²) in [6.45, 7) is 4.77. The van der Waals surface area contributed by atoms with Gasteiger partial charge in [0.05, 0.1) is 19.3 Å². The van der Waals surface area contributed by atoms with E-state index in [-0.39, 0.29) is 0 Å². The monoisotopic (exact) mass is 396 g/mol. The van der Waals surface area contributed by atoms with E-state index in [0.717, 1.165) is 29.3 Å². The highest BCUT2D eigenvalue weighted by Crippen LogP contribution is 2.23. The largest absolute Gasteiger partial charge is 0.379 e. The van der Waals surface area contributed by atoms with Crippen molar-refractivity contribution in [2.45, 2.75) is 17.9 Å². The van der Waals surface area contributed by atoms with Gasteiger partial charge >= 0.3 is 0 Å². The number of nitrogens with one attached hydrogen (secondary N) is 1. The van der Waals surface area contributed by atoms with Crippen LogP contribution in [-0.2, 0) is 14.8 Å². The van der Waals surface area contributed by atoms with Gasteiger partial charge in [-0.1, -0.05) is 35.9 Å². The molecular formula is C19H22F2N2O3S. The lowest BCUT2D eigenvalue weighted by atomic mass is 10.1. The molecule has 1 saturated heterocycles. The molecule has 5 nitrogen and oxygen atoms in total. The molecule has 2 aromatic carbocycles. The number of ether oxygens (including phenoxy) is 1. The summed E-state index contributed by atoms with van der Waals surface area (Å²) in [5.74, 6) is -2.23. The summed E-state index contributed by atoms with van der Waals surface area (Å²) in [6, 6.07) is 9.74. The minimum Gasteiger partial charge on any atom is -0.379 e. The molecule has 27 heavy (non-hydrogen) atoms. The van der Waals surface area contributed by atoms with Gasteiger partial charge in [-0.15, -0.1) is 0 Å². The number of hydrogen-bond donors (Lipinski definition) is 1. The number of rotatable bonds is 6. The molecule has 1 N–H and O–H groups in total. The second-order valence-corrected chi connectivity index (χ2v) is 8.20. The van der Waals surface area contributed by atoms with Crippen LogP contribution in [0.25, 0.3) is 0 Å². The number of benzene rings is 2. The summed E-state index contributed by atoms with van der Waals surface area (Å²) in [6.07, 6.45) is 0. The van der Waals surface area contributed by atoms with Crippen LogP contribution >= 0.6 is 0 Å². The van der Waals surface area contributed by atoms with Gasteiger partial charge < -0.3 is 4.74 Å². The Balaban J connectivity index is 1.91. The van der Waals surface area contributed by atoms with Crippen molar-refractivity contribution < 1.29 is 21.9 Å². The third-order valence-corrected chi connectivity index (χ3v) is 6.03. The highest BCUT2D eigenvalue weighted by molar-refractivity contribution is 7.89. The average molecular weight is 396 g/mol. The van der Waals surface area contributed by atoms with Gasteiger partial charge in [-0.2, -0.15) is 0 Å². The highest BCUT2D eigenvalue weighted by atomic mass is 32.2. The van der Waals surface area contributed by atoms with E-state index >= 15 is 0 Å². The molecular weight excluding hydrogens is 374 g/mol. The van der Waals surface area contributed by atoms with Crippen molar-refractivity contribution in [2.24, 2.45) is 0 Å². The van der Waals surface area contributed by atoms with Gasteiger partial charge in [-0.3, -0.25) is 4.90 Å². The van der Waals surface area contributed by atoms with Gasteiger partial charge in [0, 0.05) is 19.6 Å². The quantitative estimate of drug-likeness (QED) is 0.816. The molecule has 2 aromatic rings. The van der Waals surface area contributed by atoms with Gasteiger partial charge in [-0.25, -0.2) is 21.9 Å². The van der Waals surface area contributed by atoms with Crippen molar-refractivity contribution in [3.63, 3.8) is 0 Å². The maximum atomic E-state index is 14.0. The zero-order chi connectivity index (χ0) is 19.4. The van der Waals surface area contributed by atoms with E-state index in [9.17, 15) is 17.2 Å². The number of sulfonamides is 1. The van der Waals surface area contributed by atoms with Crippen LogP contribution in [0, 0.1) is 18.6 Å². The summed E-state index contributed by atoms with van der Waals surface area (Å²) >= 11 is 0. The van der Waals surface area contributed by atoms with Crippen molar-refractivity contribution in [3.8, 4) is 0 Å². The molecule has 0 unspecified atom stereocenters. The number of nitrogens with zero attached hydrogens (tertiary/aromatic N) is 1. The Kier molecular flexibility index (Phi) is 6.21.